The van der Waals surface area contributed by atoms with Crippen LogP contribution in [0.15, 0.2) is 42.5 Å². The molecule has 1 saturated heterocycles. The van der Waals surface area contributed by atoms with E-state index >= 15 is 0 Å². The predicted molar refractivity (Wildman–Crippen MR) is 110 cm³/mol. The maximum Gasteiger partial charge on any atom is 0.323 e. The van der Waals surface area contributed by atoms with Crippen LogP contribution in [-0.2, 0) is 12.8 Å². The van der Waals surface area contributed by atoms with Crippen molar-refractivity contribution in [2.45, 2.75) is 44.6 Å². The van der Waals surface area contributed by atoms with Gasteiger partial charge in [0.2, 0.25) is 0 Å². The minimum Gasteiger partial charge on any atom is -0.393 e. The van der Waals surface area contributed by atoms with Gasteiger partial charge in [0, 0.05) is 36.6 Å². The first-order valence-corrected chi connectivity index (χ1v) is 9.91. The van der Waals surface area contributed by atoms with E-state index in [9.17, 15) is 9.90 Å². The molecule has 3 N–H and O–H groups in total. The Bertz CT molecular complexity index is 798. The van der Waals surface area contributed by atoms with E-state index in [2.05, 4.69) is 33.7 Å². The standard InChI is InChI=1S/C22H27N3O2/c26-19-12-7-16-5-4-6-21(20(16)15-19)24-22(27)23-17-8-10-18(11-9-17)25-13-2-1-3-14-25/h4-6,8-11,19,26H,1-3,7,12-15H2,(H2,23,24,27). The van der Waals surface area contributed by atoms with Gasteiger partial charge in [-0.05, 0) is 73.6 Å². The summed E-state index contributed by atoms with van der Waals surface area (Å²) in [5.74, 6) is 0. The van der Waals surface area contributed by atoms with Gasteiger partial charge in [0.05, 0.1) is 6.10 Å². The van der Waals surface area contributed by atoms with Gasteiger partial charge >= 0.3 is 6.03 Å². The lowest BCUT2D eigenvalue weighted by atomic mass is 9.88. The topological polar surface area (TPSA) is 64.6 Å². The maximum atomic E-state index is 12.4. The van der Waals surface area contributed by atoms with E-state index in [-0.39, 0.29) is 12.1 Å². The molecule has 1 aliphatic heterocycles. The Morgan fingerprint density at radius 1 is 1.00 bits per heavy atom. The molecule has 5 heteroatoms. The monoisotopic (exact) mass is 365 g/mol. The second-order valence-electron chi connectivity index (χ2n) is 7.51. The fourth-order valence-corrected chi connectivity index (χ4v) is 4.08. The van der Waals surface area contributed by atoms with E-state index in [1.165, 1.54) is 30.5 Å². The van der Waals surface area contributed by atoms with Crippen molar-refractivity contribution in [2.75, 3.05) is 28.6 Å². The van der Waals surface area contributed by atoms with Gasteiger partial charge in [-0.3, -0.25) is 0 Å². The third kappa shape index (κ3) is 4.25. The van der Waals surface area contributed by atoms with E-state index in [1.807, 2.05) is 24.3 Å². The van der Waals surface area contributed by atoms with Crippen LogP contribution in [0.4, 0.5) is 21.9 Å². The number of carbonyl (C=O) groups excluding carboxylic acids is 1. The minimum atomic E-state index is -0.328. The zero-order chi connectivity index (χ0) is 18.6. The number of piperidine rings is 1. The van der Waals surface area contributed by atoms with Crippen molar-refractivity contribution in [3.05, 3.63) is 53.6 Å². The first kappa shape index (κ1) is 17.9. The first-order chi connectivity index (χ1) is 13.2. The second-order valence-corrected chi connectivity index (χ2v) is 7.51. The number of benzene rings is 2. The van der Waals surface area contributed by atoms with Gasteiger partial charge in [-0.15, -0.1) is 0 Å². The van der Waals surface area contributed by atoms with Crippen molar-refractivity contribution in [3.63, 3.8) is 0 Å². The van der Waals surface area contributed by atoms with Crippen LogP contribution in [0.3, 0.4) is 0 Å². The molecule has 2 amide bonds. The molecule has 1 atom stereocenters. The Kier molecular flexibility index (Phi) is 5.30. The van der Waals surface area contributed by atoms with Gasteiger partial charge in [-0.1, -0.05) is 12.1 Å². The van der Waals surface area contributed by atoms with E-state index in [4.69, 9.17) is 0 Å². The Morgan fingerprint density at radius 3 is 2.56 bits per heavy atom. The quantitative estimate of drug-likeness (QED) is 0.765. The summed E-state index contributed by atoms with van der Waals surface area (Å²) in [4.78, 5) is 14.8. The zero-order valence-electron chi connectivity index (χ0n) is 15.6. The molecule has 4 rings (SSSR count). The summed E-state index contributed by atoms with van der Waals surface area (Å²) >= 11 is 0. The molecule has 142 valence electrons. The van der Waals surface area contributed by atoms with E-state index in [0.29, 0.717) is 6.42 Å². The molecular weight excluding hydrogens is 338 g/mol. The van der Waals surface area contributed by atoms with Gasteiger partial charge in [-0.25, -0.2) is 4.79 Å². The molecule has 2 aromatic rings. The average molecular weight is 365 g/mol. The van der Waals surface area contributed by atoms with Crippen molar-refractivity contribution in [2.24, 2.45) is 0 Å². The number of urea groups is 1. The molecule has 1 unspecified atom stereocenters. The molecule has 1 fully saturated rings. The second kappa shape index (κ2) is 8.01. The summed E-state index contributed by atoms with van der Waals surface area (Å²) in [6, 6.07) is 13.7. The number of rotatable bonds is 3. The number of carbonyl (C=O) groups is 1. The van der Waals surface area contributed by atoms with Crippen molar-refractivity contribution in [1.82, 2.24) is 0 Å². The summed E-state index contributed by atoms with van der Waals surface area (Å²) in [5.41, 5.74) is 5.04. The van der Waals surface area contributed by atoms with Crippen LogP contribution in [0, 0.1) is 0 Å². The lowest BCUT2D eigenvalue weighted by molar-refractivity contribution is 0.159. The number of nitrogens with one attached hydrogen (secondary N) is 2. The number of aliphatic hydroxyl groups excluding tert-OH is 1. The van der Waals surface area contributed by atoms with Crippen molar-refractivity contribution in [1.29, 1.82) is 0 Å². The van der Waals surface area contributed by atoms with Crippen LogP contribution in [0.25, 0.3) is 0 Å². The number of fused-ring (bicyclic) bond motifs is 1. The maximum absolute atomic E-state index is 12.4. The lowest BCUT2D eigenvalue weighted by Crippen LogP contribution is -2.29. The van der Waals surface area contributed by atoms with Crippen LogP contribution in [0.5, 0.6) is 0 Å². The van der Waals surface area contributed by atoms with Crippen molar-refractivity contribution >= 4 is 23.1 Å². The number of hydrogen-bond acceptors (Lipinski definition) is 3. The van der Waals surface area contributed by atoms with Gasteiger partial charge < -0.3 is 20.6 Å². The molecule has 0 radical (unpaired) electrons. The Labute approximate surface area is 160 Å². The smallest absolute Gasteiger partial charge is 0.323 e. The molecule has 2 aliphatic rings. The Hall–Kier alpha value is -2.53. The highest BCUT2D eigenvalue weighted by atomic mass is 16.3. The highest BCUT2D eigenvalue weighted by molar-refractivity contribution is 6.00. The molecule has 5 nitrogen and oxygen atoms in total. The van der Waals surface area contributed by atoms with E-state index in [0.717, 1.165) is 42.9 Å². The first-order valence-electron chi connectivity index (χ1n) is 9.91. The van der Waals surface area contributed by atoms with E-state index < -0.39 is 0 Å². The van der Waals surface area contributed by atoms with Gasteiger partial charge in [0.1, 0.15) is 0 Å². The van der Waals surface area contributed by atoms with Crippen LogP contribution >= 0.6 is 0 Å². The summed E-state index contributed by atoms with van der Waals surface area (Å²) in [5, 5.41) is 15.8. The third-order valence-corrected chi connectivity index (χ3v) is 5.55. The SMILES string of the molecule is O=C(Nc1ccc(N2CCCCC2)cc1)Nc1cccc2c1CC(O)CC2. The Balaban J connectivity index is 1.40. The molecule has 1 heterocycles. The number of aliphatic hydroxyl groups is 1. The highest BCUT2D eigenvalue weighted by Crippen LogP contribution is 2.28. The highest BCUT2D eigenvalue weighted by Gasteiger charge is 2.20. The Morgan fingerprint density at radius 2 is 1.78 bits per heavy atom. The fraction of sp³-hybridized carbons (Fsp3) is 0.409. The van der Waals surface area contributed by atoms with Crippen LogP contribution in [0.1, 0.15) is 36.8 Å². The predicted octanol–water partition coefficient (Wildman–Crippen LogP) is 4.17. The van der Waals surface area contributed by atoms with Gasteiger partial charge in [-0.2, -0.15) is 0 Å². The molecule has 0 bridgehead atoms. The molecule has 2 aromatic carbocycles. The number of amides is 2. The minimum absolute atomic E-state index is 0.255. The van der Waals surface area contributed by atoms with Crippen molar-refractivity contribution in [3.8, 4) is 0 Å². The molecular formula is C22H27N3O2. The summed E-state index contributed by atoms with van der Waals surface area (Å²) in [6.07, 6.45) is 5.72. The largest absolute Gasteiger partial charge is 0.393 e. The number of hydrogen-bond donors (Lipinski definition) is 3. The molecule has 27 heavy (non-hydrogen) atoms. The lowest BCUT2D eigenvalue weighted by Gasteiger charge is -2.28. The van der Waals surface area contributed by atoms with Crippen LogP contribution in [0.2, 0.25) is 0 Å². The summed E-state index contributed by atoms with van der Waals surface area (Å²) in [6.45, 7) is 2.22. The fourth-order valence-electron chi connectivity index (χ4n) is 4.08. The molecule has 0 aromatic heterocycles. The van der Waals surface area contributed by atoms with Gasteiger partial charge in [0.15, 0.2) is 0 Å². The van der Waals surface area contributed by atoms with Gasteiger partial charge in [0.25, 0.3) is 0 Å². The number of nitrogens with zero attached hydrogens (tertiary/aromatic N) is 1. The number of anilines is 3. The summed E-state index contributed by atoms with van der Waals surface area (Å²) < 4.78 is 0. The third-order valence-electron chi connectivity index (χ3n) is 5.55. The average Bonchev–Trinajstić information content (AvgIpc) is 2.70. The molecule has 1 aliphatic carbocycles. The van der Waals surface area contributed by atoms with Crippen LogP contribution < -0.4 is 15.5 Å². The normalized spacial score (nSPS) is 19.3. The molecule has 0 saturated carbocycles. The van der Waals surface area contributed by atoms with Crippen molar-refractivity contribution < 1.29 is 9.90 Å². The molecule has 0 spiro atoms. The zero-order valence-corrected chi connectivity index (χ0v) is 15.6. The number of aryl methyl sites for hydroxylation is 1. The summed E-state index contributed by atoms with van der Waals surface area (Å²) in [7, 11) is 0. The van der Waals surface area contributed by atoms with Crippen LogP contribution in [-0.4, -0.2) is 30.3 Å². The van der Waals surface area contributed by atoms with E-state index in [1.54, 1.807) is 0 Å².